The molecule has 160 valence electrons. The van der Waals surface area contributed by atoms with Crippen molar-refractivity contribution in [2.75, 3.05) is 19.8 Å². The normalized spacial score (nSPS) is 25.6. The van der Waals surface area contributed by atoms with E-state index in [0.717, 1.165) is 23.3 Å². The minimum absolute atomic E-state index is 0.231. The predicted octanol–water partition coefficient (Wildman–Crippen LogP) is 3.86. The summed E-state index contributed by atoms with van der Waals surface area (Å²) in [6.07, 6.45) is 1.39. The molecule has 2 aliphatic heterocycles. The molecule has 0 aromatic heterocycles. The van der Waals surface area contributed by atoms with Crippen LogP contribution in [0.5, 0.6) is 5.75 Å². The molecule has 30 heavy (non-hydrogen) atoms. The molecule has 2 aromatic rings. The molecule has 2 aliphatic rings. The summed E-state index contributed by atoms with van der Waals surface area (Å²) >= 11 is 0. The molecule has 0 saturated carbocycles. The first-order valence-corrected chi connectivity index (χ1v) is 10.6. The van der Waals surface area contributed by atoms with E-state index >= 15 is 0 Å². The summed E-state index contributed by atoms with van der Waals surface area (Å²) in [5.74, 6) is 0.758. The highest BCUT2D eigenvalue weighted by Crippen LogP contribution is 2.42. The number of ether oxygens (including phenoxy) is 3. The van der Waals surface area contributed by atoms with Crippen molar-refractivity contribution in [3.05, 3.63) is 65.7 Å². The number of hydrogen-bond acceptors (Lipinski definition) is 5. The quantitative estimate of drug-likeness (QED) is 0.782. The zero-order valence-corrected chi connectivity index (χ0v) is 17.3. The fourth-order valence-electron chi connectivity index (χ4n) is 4.40. The standard InChI is InChI=1S/C24H29NO5/c1-2-11-29-22-10-6-9-19(12-22)24(27)13-20-16-28-17-21(14-24)25(20)23(26)30-15-18-7-4-3-5-8-18/h3-10,12,20-21,27H,2,11,13-17H2,1H3. The predicted molar refractivity (Wildman–Crippen MR) is 112 cm³/mol. The van der Waals surface area contributed by atoms with Crippen molar-refractivity contribution < 1.29 is 24.1 Å². The van der Waals surface area contributed by atoms with Crippen molar-refractivity contribution in [2.45, 2.75) is 50.5 Å². The van der Waals surface area contributed by atoms with E-state index < -0.39 is 5.60 Å². The van der Waals surface area contributed by atoms with Gasteiger partial charge in [0.05, 0.1) is 37.5 Å². The van der Waals surface area contributed by atoms with Crippen LogP contribution in [0.2, 0.25) is 0 Å². The molecule has 0 aliphatic carbocycles. The van der Waals surface area contributed by atoms with Crippen molar-refractivity contribution in [3.8, 4) is 5.75 Å². The van der Waals surface area contributed by atoms with Crippen LogP contribution in [0, 0.1) is 0 Å². The second-order valence-electron chi connectivity index (χ2n) is 8.11. The van der Waals surface area contributed by atoms with Gasteiger partial charge in [0, 0.05) is 12.8 Å². The van der Waals surface area contributed by atoms with Crippen LogP contribution in [0.15, 0.2) is 54.6 Å². The average Bonchev–Trinajstić information content (AvgIpc) is 2.76. The van der Waals surface area contributed by atoms with Crippen LogP contribution in [0.4, 0.5) is 4.79 Å². The zero-order chi connectivity index (χ0) is 21.0. The maximum Gasteiger partial charge on any atom is 0.410 e. The molecule has 4 rings (SSSR count). The molecule has 6 nitrogen and oxygen atoms in total. The largest absolute Gasteiger partial charge is 0.494 e. The lowest BCUT2D eigenvalue weighted by atomic mass is 9.77. The summed E-state index contributed by atoms with van der Waals surface area (Å²) in [5.41, 5.74) is 0.746. The molecule has 2 unspecified atom stereocenters. The number of rotatable bonds is 6. The Bertz CT molecular complexity index is 842. The van der Waals surface area contributed by atoms with E-state index in [0.29, 0.717) is 32.7 Å². The van der Waals surface area contributed by atoms with Gasteiger partial charge in [-0.2, -0.15) is 0 Å². The lowest BCUT2D eigenvalue weighted by Crippen LogP contribution is -2.62. The molecule has 2 atom stereocenters. The lowest BCUT2D eigenvalue weighted by Gasteiger charge is -2.51. The van der Waals surface area contributed by atoms with Gasteiger partial charge in [0.15, 0.2) is 0 Å². The zero-order valence-electron chi connectivity index (χ0n) is 17.3. The van der Waals surface area contributed by atoms with Crippen LogP contribution in [0.1, 0.15) is 37.3 Å². The lowest BCUT2D eigenvalue weighted by molar-refractivity contribution is -0.137. The molecule has 0 radical (unpaired) electrons. The van der Waals surface area contributed by atoms with Gasteiger partial charge in [0.25, 0.3) is 0 Å². The molecule has 2 saturated heterocycles. The molecule has 2 aromatic carbocycles. The summed E-state index contributed by atoms with van der Waals surface area (Å²) in [6.45, 7) is 3.72. The van der Waals surface area contributed by atoms with E-state index in [9.17, 15) is 9.90 Å². The third-order valence-electron chi connectivity index (χ3n) is 5.81. The summed E-state index contributed by atoms with van der Waals surface area (Å²) < 4.78 is 17.0. The fraction of sp³-hybridized carbons (Fsp3) is 0.458. The minimum atomic E-state index is -1.03. The number of hydrogen-bond donors (Lipinski definition) is 1. The smallest absolute Gasteiger partial charge is 0.410 e. The molecule has 2 heterocycles. The van der Waals surface area contributed by atoms with Gasteiger partial charge in [-0.15, -0.1) is 0 Å². The second kappa shape index (κ2) is 9.06. The van der Waals surface area contributed by atoms with Crippen molar-refractivity contribution in [1.82, 2.24) is 4.90 Å². The monoisotopic (exact) mass is 411 g/mol. The first-order valence-electron chi connectivity index (χ1n) is 10.6. The van der Waals surface area contributed by atoms with Crippen LogP contribution >= 0.6 is 0 Å². The molecule has 6 heteroatoms. The van der Waals surface area contributed by atoms with Gasteiger partial charge in [0.1, 0.15) is 12.4 Å². The minimum Gasteiger partial charge on any atom is -0.494 e. The van der Waals surface area contributed by atoms with E-state index in [1.807, 2.05) is 54.6 Å². The SMILES string of the molecule is CCCOc1cccc(C2(O)CC3COCC(C2)N3C(=O)OCc2ccccc2)c1. The topological polar surface area (TPSA) is 68.2 Å². The van der Waals surface area contributed by atoms with Crippen LogP contribution in [0.3, 0.4) is 0 Å². The van der Waals surface area contributed by atoms with Gasteiger partial charge >= 0.3 is 6.09 Å². The van der Waals surface area contributed by atoms with Gasteiger partial charge in [-0.05, 0) is 29.7 Å². The van der Waals surface area contributed by atoms with Crippen molar-refractivity contribution in [2.24, 2.45) is 0 Å². The highest BCUT2D eigenvalue weighted by molar-refractivity contribution is 5.69. The van der Waals surface area contributed by atoms with Crippen molar-refractivity contribution >= 4 is 6.09 Å². The Morgan fingerprint density at radius 3 is 2.57 bits per heavy atom. The van der Waals surface area contributed by atoms with Crippen molar-refractivity contribution in [3.63, 3.8) is 0 Å². The first kappa shape index (κ1) is 20.7. The summed E-state index contributed by atoms with van der Waals surface area (Å²) in [6, 6.07) is 16.8. The Morgan fingerprint density at radius 1 is 1.13 bits per heavy atom. The number of aliphatic hydroxyl groups is 1. The summed E-state index contributed by atoms with van der Waals surface area (Å²) in [7, 11) is 0. The Labute approximate surface area is 177 Å². The molecule has 2 fully saturated rings. The number of morpholine rings is 1. The number of carbonyl (C=O) groups excluding carboxylic acids is 1. The number of fused-ring (bicyclic) bond motifs is 2. The first-order chi connectivity index (χ1) is 14.6. The van der Waals surface area contributed by atoms with E-state index in [1.54, 1.807) is 4.90 Å². The van der Waals surface area contributed by atoms with Gasteiger partial charge in [-0.1, -0.05) is 49.4 Å². The highest BCUT2D eigenvalue weighted by atomic mass is 16.6. The number of nitrogens with zero attached hydrogens (tertiary/aromatic N) is 1. The third kappa shape index (κ3) is 4.45. The van der Waals surface area contributed by atoms with Crippen LogP contribution in [-0.2, 0) is 21.7 Å². The molecule has 1 amide bonds. The maximum atomic E-state index is 12.9. The highest BCUT2D eigenvalue weighted by Gasteiger charge is 2.49. The van der Waals surface area contributed by atoms with Crippen LogP contribution in [-0.4, -0.2) is 48.0 Å². The van der Waals surface area contributed by atoms with Crippen LogP contribution in [0.25, 0.3) is 0 Å². The van der Waals surface area contributed by atoms with Gasteiger partial charge < -0.3 is 19.3 Å². The average molecular weight is 411 g/mol. The molecule has 1 N–H and O–H groups in total. The van der Waals surface area contributed by atoms with Gasteiger partial charge in [-0.25, -0.2) is 4.79 Å². The number of benzene rings is 2. The Hall–Kier alpha value is -2.57. The second-order valence-corrected chi connectivity index (χ2v) is 8.11. The van der Waals surface area contributed by atoms with E-state index in [-0.39, 0.29) is 24.8 Å². The number of piperidine rings is 1. The molecular formula is C24H29NO5. The third-order valence-corrected chi connectivity index (χ3v) is 5.81. The Balaban J connectivity index is 1.47. The Morgan fingerprint density at radius 2 is 1.87 bits per heavy atom. The van der Waals surface area contributed by atoms with Crippen LogP contribution < -0.4 is 4.74 Å². The maximum absolute atomic E-state index is 12.9. The summed E-state index contributed by atoms with van der Waals surface area (Å²) in [4.78, 5) is 14.6. The number of amides is 1. The Kier molecular flexibility index (Phi) is 6.25. The van der Waals surface area contributed by atoms with E-state index in [2.05, 4.69) is 6.92 Å². The number of carbonyl (C=O) groups is 1. The van der Waals surface area contributed by atoms with Gasteiger partial charge in [0.2, 0.25) is 0 Å². The summed E-state index contributed by atoms with van der Waals surface area (Å²) in [5, 5.41) is 11.5. The van der Waals surface area contributed by atoms with Crippen molar-refractivity contribution in [1.29, 1.82) is 0 Å². The molecule has 2 bridgehead atoms. The fourth-order valence-corrected chi connectivity index (χ4v) is 4.40. The van der Waals surface area contributed by atoms with E-state index in [1.165, 1.54) is 0 Å². The van der Waals surface area contributed by atoms with Gasteiger partial charge in [-0.3, -0.25) is 4.90 Å². The molecular weight excluding hydrogens is 382 g/mol. The van der Waals surface area contributed by atoms with E-state index in [4.69, 9.17) is 14.2 Å². The molecule has 0 spiro atoms.